The van der Waals surface area contributed by atoms with Gasteiger partial charge in [0.05, 0.1) is 18.1 Å². The van der Waals surface area contributed by atoms with Gasteiger partial charge in [-0.15, -0.1) is 0 Å². The largest absolute Gasteiger partial charge is 0.481 e. The molecule has 4 N–H and O–H groups in total. The molecule has 0 amide bonds. The molecular weight excluding hydrogens is 532 g/mol. The maximum absolute atomic E-state index is 13.0. The summed E-state index contributed by atoms with van der Waals surface area (Å²) in [6.45, 7) is 16.8. The summed E-state index contributed by atoms with van der Waals surface area (Å²) < 4.78 is 12.1. The maximum atomic E-state index is 13.0. The van der Waals surface area contributed by atoms with E-state index in [-0.39, 0.29) is 40.3 Å². The second-order valence-electron chi connectivity index (χ2n) is 16.8. The molecule has 1 aliphatic heterocycles. The third kappa shape index (κ3) is 3.98. The summed E-state index contributed by atoms with van der Waals surface area (Å²) in [5.74, 6) is 1.38. The highest BCUT2D eigenvalue weighted by atomic mass is 16.7. The number of carbonyl (C=O) groups is 1. The van der Waals surface area contributed by atoms with Crippen molar-refractivity contribution in [3.63, 3.8) is 0 Å². The molecule has 4 saturated carbocycles. The van der Waals surface area contributed by atoms with Crippen molar-refractivity contribution < 1.29 is 34.7 Å². The maximum Gasteiger partial charge on any atom is 0.310 e. The van der Waals surface area contributed by atoms with Crippen LogP contribution in [0.1, 0.15) is 106 Å². The standard InChI is InChI=1S/C35H56O7/c1-19-10-15-35(30(39)40)17-16-33(6)21(26(35)20(19)2)8-9-24-32(5)13-12-25(31(3,4)23(32)11-14-34(24,33)7)42-29-28(38)27(37)22(36)18-41-29/h8,19-20,22-29,36-38H,9-18H2,1-7H3,(H,39,40)/t19-,20+,22+,23+,24-,25+,26+,27+,28-,29-,32+,33-,34-,35+/m1/s1. The van der Waals surface area contributed by atoms with Crippen LogP contribution in [-0.4, -0.2) is 63.7 Å². The Morgan fingerprint density at radius 3 is 2.31 bits per heavy atom. The lowest BCUT2D eigenvalue weighted by atomic mass is 9.33. The van der Waals surface area contributed by atoms with Crippen LogP contribution < -0.4 is 0 Å². The van der Waals surface area contributed by atoms with Crippen LogP contribution in [0.3, 0.4) is 0 Å². The van der Waals surface area contributed by atoms with Gasteiger partial charge in [-0.25, -0.2) is 0 Å². The highest BCUT2D eigenvalue weighted by Crippen LogP contribution is 2.76. The second-order valence-corrected chi connectivity index (χ2v) is 16.8. The Morgan fingerprint density at radius 1 is 0.905 bits per heavy atom. The van der Waals surface area contributed by atoms with Gasteiger partial charge in [0.1, 0.15) is 18.3 Å². The molecule has 0 spiro atoms. The van der Waals surface area contributed by atoms with Gasteiger partial charge < -0.3 is 29.9 Å². The van der Waals surface area contributed by atoms with Crippen LogP contribution in [-0.2, 0) is 14.3 Å². The summed E-state index contributed by atoms with van der Waals surface area (Å²) >= 11 is 0. The van der Waals surface area contributed by atoms with Gasteiger partial charge in [0.2, 0.25) is 0 Å². The number of allylic oxidation sites excluding steroid dienone is 2. The molecule has 0 radical (unpaired) electrons. The van der Waals surface area contributed by atoms with Crippen LogP contribution in [0.25, 0.3) is 0 Å². The van der Waals surface area contributed by atoms with Crippen LogP contribution >= 0.6 is 0 Å². The molecule has 6 rings (SSSR count). The van der Waals surface area contributed by atoms with Gasteiger partial charge in [0.25, 0.3) is 0 Å². The summed E-state index contributed by atoms with van der Waals surface area (Å²) in [6, 6.07) is 0. The van der Waals surface area contributed by atoms with Gasteiger partial charge in [-0.1, -0.05) is 60.1 Å². The van der Waals surface area contributed by atoms with Gasteiger partial charge in [-0.2, -0.15) is 0 Å². The predicted octanol–water partition coefficient (Wildman–Crippen LogP) is 5.55. The molecule has 238 valence electrons. The topological polar surface area (TPSA) is 116 Å². The second kappa shape index (κ2) is 10.0. The fourth-order valence-electron chi connectivity index (χ4n) is 12.1. The fourth-order valence-corrected chi connectivity index (χ4v) is 12.1. The molecule has 0 aromatic heterocycles. The number of fused-ring (bicyclic) bond motifs is 7. The number of hydrogen-bond donors (Lipinski definition) is 4. The Balaban J connectivity index is 1.31. The van der Waals surface area contributed by atoms with E-state index in [0.717, 1.165) is 57.8 Å². The lowest BCUT2D eigenvalue weighted by Gasteiger charge is -2.71. The lowest BCUT2D eigenvalue weighted by Crippen LogP contribution is -2.66. The molecule has 1 heterocycles. The third-order valence-corrected chi connectivity index (χ3v) is 15.1. The average Bonchev–Trinajstić information content (AvgIpc) is 2.92. The van der Waals surface area contributed by atoms with Gasteiger partial charge in [-0.05, 0) is 109 Å². The summed E-state index contributed by atoms with van der Waals surface area (Å²) in [4.78, 5) is 13.0. The van der Waals surface area contributed by atoms with E-state index in [4.69, 9.17) is 9.47 Å². The van der Waals surface area contributed by atoms with Gasteiger partial charge >= 0.3 is 5.97 Å². The molecule has 42 heavy (non-hydrogen) atoms. The Morgan fingerprint density at radius 2 is 1.62 bits per heavy atom. The monoisotopic (exact) mass is 588 g/mol. The minimum absolute atomic E-state index is 0.00660. The Labute approximate surface area is 252 Å². The van der Waals surface area contributed by atoms with Crippen LogP contribution in [0.5, 0.6) is 0 Å². The average molecular weight is 589 g/mol. The van der Waals surface area contributed by atoms with Crippen molar-refractivity contribution >= 4 is 5.97 Å². The van der Waals surface area contributed by atoms with E-state index in [9.17, 15) is 25.2 Å². The number of carboxylic acid groups (broad SMARTS) is 1. The molecule has 1 saturated heterocycles. The van der Waals surface area contributed by atoms with Crippen molar-refractivity contribution in [3.05, 3.63) is 11.6 Å². The first kappa shape index (κ1) is 31.0. The number of aliphatic hydroxyl groups is 3. The van der Waals surface area contributed by atoms with Crippen LogP contribution in [0.15, 0.2) is 11.6 Å². The molecule has 0 unspecified atom stereocenters. The fraction of sp³-hybridized carbons (Fsp3) is 0.914. The van der Waals surface area contributed by atoms with E-state index in [1.807, 2.05) is 0 Å². The quantitative estimate of drug-likeness (QED) is 0.252. The molecule has 0 bridgehead atoms. The molecule has 0 aromatic carbocycles. The minimum Gasteiger partial charge on any atom is -0.481 e. The molecular formula is C35H56O7. The predicted molar refractivity (Wildman–Crippen MR) is 159 cm³/mol. The SMILES string of the molecule is C[C@H]1[C@H](C)CC[C@]2(C(=O)O)CC[C@]3(C)C(=CC[C@@H]4[C@@]5(C)CC[C@H](O[C@H]6OC[C@H](O)[C@H](O)[C@H]6O)C(C)(C)[C@@H]5CC[C@]43C)[C@H]12. The van der Waals surface area contributed by atoms with E-state index in [1.165, 1.54) is 5.57 Å². The van der Waals surface area contributed by atoms with E-state index in [0.29, 0.717) is 23.7 Å². The Kier molecular flexibility index (Phi) is 7.39. The van der Waals surface area contributed by atoms with Crippen molar-refractivity contribution in [1.29, 1.82) is 0 Å². The van der Waals surface area contributed by atoms with Gasteiger partial charge in [-0.3, -0.25) is 4.79 Å². The van der Waals surface area contributed by atoms with Gasteiger partial charge in [0, 0.05) is 0 Å². The molecule has 0 aromatic rings. The van der Waals surface area contributed by atoms with Gasteiger partial charge in [0.15, 0.2) is 6.29 Å². The number of hydrogen-bond acceptors (Lipinski definition) is 6. The Hall–Kier alpha value is -0.990. The number of aliphatic hydroxyl groups excluding tert-OH is 3. The zero-order chi connectivity index (χ0) is 30.6. The molecule has 5 fully saturated rings. The van der Waals surface area contributed by atoms with Crippen molar-refractivity contribution in [2.75, 3.05) is 6.61 Å². The summed E-state index contributed by atoms with van der Waals surface area (Å²) in [5, 5.41) is 41.4. The van der Waals surface area contributed by atoms with Crippen molar-refractivity contribution in [2.24, 2.45) is 56.7 Å². The van der Waals surface area contributed by atoms with E-state index in [2.05, 4.69) is 54.5 Å². The summed E-state index contributed by atoms with van der Waals surface area (Å²) in [6.07, 6.45) is 6.46. The smallest absolute Gasteiger partial charge is 0.310 e. The highest BCUT2D eigenvalue weighted by molar-refractivity contribution is 5.76. The first-order valence-corrected chi connectivity index (χ1v) is 16.8. The first-order valence-electron chi connectivity index (χ1n) is 16.8. The minimum atomic E-state index is -1.27. The lowest BCUT2D eigenvalue weighted by molar-refractivity contribution is -0.308. The molecule has 6 aliphatic rings. The third-order valence-electron chi connectivity index (χ3n) is 15.1. The van der Waals surface area contributed by atoms with E-state index in [1.54, 1.807) is 0 Å². The van der Waals surface area contributed by atoms with Crippen LogP contribution in [0.4, 0.5) is 0 Å². The van der Waals surface area contributed by atoms with Crippen molar-refractivity contribution in [3.8, 4) is 0 Å². The molecule has 5 aliphatic carbocycles. The number of rotatable bonds is 3. The van der Waals surface area contributed by atoms with E-state index >= 15 is 0 Å². The number of ether oxygens (including phenoxy) is 2. The number of carboxylic acids is 1. The van der Waals surface area contributed by atoms with Crippen LogP contribution in [0.2, 0.25) is 0 Å². The zero-order valence-electron chi connectivity index (χ0n) is 26.9. The Bertz CT molecular complexity index is 1120. The van der Waals surface area contributed by atoms with E-state index < -0.39 is 36.0 Å². The molecule has 7 heteroatoms. The summed E-state index contributed by atoms with van der Waals surface area (Å²) in [7, 11) is 0. The molecule has 7 nitrogen and oxygen atoms in total. The van der Waals surface area contributed by atoms with Crippen molar-refractivity contribution in [1.82, 2.24) is 0 Å². The normalized spacial score (nSPS) is 55.3. The summed E-state index contributed by atoms with van der Waals surface area (Å²) in [5.41, 5.74) is 0.885. The zero-order valence-corrected chi connectivity index (χ0v) is 26.9. The van der Waals surface area contributed by atoms with Crippen molar-refractivity contribution in [2.45, 2.75) is 137 Å². The van der Waals surface area contributed by atoms with Crippen LogP contribution in [0, 0.1) is 56.7 Å². The first-order chi connectivity index (χ1) is 19.5. The molecule has 14 atom stereocenters. The highest BCUT2D eigenvalue weighted by Gasteiger charge is 2.69. The number of aliphatic carboxylic acids is 1.